The lowest BCUT2D eigenvalue weighted by Gasteiger charge is -2.40. The highest BCUT2D eigenvalue weighted by molar-refractivity contribution is 5.91. The fourth-order valence-corrected chi connectivity index (χ4v) is 5.35. The summed E-state index contributed by atoms with van der Waals surface area (Å²) in [4.78, 5) is 31.3. The number of carboxylic acid groups (broad SMARTS) is 1. The molecule has 1 unspecified atom stereocenters. The van der Waals surface area contributed by atoms with Crippen molar-refractivity contribution in [3.05, 3.63) is 71.5 Å². The van der Waals surface area contributed by atoms with Crippen molar-refractivity contribution in [1.82, 2.24) is 14.5 Å². The van der Waals surface area contributed by atoms with Crippen LogP contribution in [0.3, 0.4) is 0 Å². The molecule has 1 amide bonds. The number of aliphatic carboxylic acids is 1. The standard InChI is InChI=1S/C29H33N3O4/c1-5-6-15-31-17-21(19-12-8-10-14-23(19)31)26-25-20(18-11-7-9-13-22(18)30-25)16-24(27(33)34)32(26)28(35)36-29(2,3)4/h7-14,17,24,26,30H,5-6,15-16H2,1-4H3,(H,33,34)/t24-,26?/m1/s1. The number of ether oxygens (including phenoxy) is 1. The maximum absolute atomic E-state index is 13.7. The minimum atomic E-state index is -1.06. The first kappa shape index (κ1) is 24.0. The van der Waals surface area contributed by atoms with Gasteiger partial charge in [0.25, 0.3) is 0 Å². The minimum Gasteiger partial charge on any atom is -0.480 e. The number of nitrogens with one attached hydrogen (secondary N) is 1. The number of benzene rings is 2. The Morgan fingerprint density at radius 3 is 2.47 bits per heavy atom. The number of hydrogen-bond acceptors (Lipinski definition) is 3. The number of fused-ring (bicyclic) bond motifs is 4. The molecule has 7 heteroatoms. The van der Waals surface area contributed by atoms with Gasteiger partial charge in [0.05, 0.1) is 0 Å². The van der Waals surface area contributed by atoms with Crippen molar-refractivity contribution in [3.8, 4) is 0 Å². The number of aromatic nitrogens is 2. The van der Waals surface area contributed by atoms with Crippen molar-refractivity contribution in [2.24, 2.45) is 0 Å². The number of aromatic amines is 1. The van der Waals surface area contributed by atoms with Crippen LogP contribution in [0.2, 0.25) is 0 Å². The molecule has 4 aromatic rings. The smallest absolute Gasteiger partial charge is 0.411 e. The summed E-state index contributed by atoms with van der Waals surface area (Å²) in [5.74, 6) is -1.04. The number of hydrogen-bond donors (Lipinski definition) is 2. The van der Waals surface area contributed by atoms with E-state index in [2.05, 4.69) is 28.7 Å². The molecule has 0 spiro atoms. The fraction of sp³-hybridized carbons (Fsp3) is 0.379. The Morgan fingerprint density at radius 2 is 1.78 bits per heavy atom. The van der Waals surface area contributed by atoms with Gasteiger partial charge in [0, 0.05) is 52.2 Å². The first-order chi connectivity index (χ1) is 17.2. The Bertz CT molecular complexity index is 1440. The molecule has 188 valence electrons. The summed E-state index contributed by atoms with van der Waals surface area (Å²) in [6.07, 6.45) is 3.74. The molecule has 0 fully saturated rings. The third kappa shape index (κ3) is 4.12. The largest absolute Gasteiger partial charge is 0.480 e. The highest BCUT2D eigenvalue weighted by Gasteiger charge is 2.46. The molecule has 0 bridgehead atoms. The maximum atomic E-state index is 13.7. The van der Waals surface area contributed by atoms with Gasteiger partial charge in [-0.3, -0.25) is 4.90 Å². The van der Waals surface area contributed by atoms with Crippen molar-refractivity contribution in [1.29, 1.82) is 0 Å². The van der Waals surface area contributed by atoms with Crippen molar-refractivity contribution < 1.29 is 19.4 Å². The Kier molecular flexibility index (Phi) is 6.02. The lowest BCUT2D eigenvalue weighted by molar-refractivity contribution is -0.144. The Balaban J connectivity index is 1.78. The van der Waals surface area contributed by atoms with E-state index in [1.54, 1.807) is 20.8 Å². The molecule has 2 aromatic heterocycles. The topological polar surface area (TPSA) is 87.6 Å². The van der Waals surface area contributed by atoms with E-state index in [9.17, 15) is 14.7 Å². The summed E-state index contributed by atoms with van der Waals surface area (Å²) >= 11 is 0. The number of unbranched alkanes of at least 4 members (excludes halogenated alkanes) is 1. The molecule has 0 aliphatic carbocycles. The van der Waals surface area contributed by atoms with Crippen LogP contribution >= 0.6 is 0 Å². The third-order valence-electron chi connectivity index (χ3n) is 6.89. The molecule has 2 atom stereocenters. The van der Waals surface area contributed by atoms with Gasteiger partial charge < -0.3 is 19.4 Å². The lowest BCUT2D eigenvalue weighted by Crippen LogP contribution is -2.52. The number of H-pyrrole nitrogens is 1. The SMILES string of the molecule is CCCCn1cc(C2c3[nH]c4ccccc4c3C[C@H](C(=O)O)N2C(=O)OC(C)(C)C)c2ccccc21. The first-order valence-electron chi connectivity index (χ1n) is 12.6. The van der Waals surface area contributed by atoms with Gasteiger partial charge in [-0.15, -0.1) is 0 Å². The zero-order valence-corrected chi connectivity index (χ0v) is 21.2. The molecule has 1 aliphatic rings. The second kappa shape index (κ2) is 9.04. The van der Waals surface area contributed by atoms with E-state index in [0.717, 1.165) is 58.0 Å². The van der Waals surface area contributed by atoms with Crippen LogP contribution < -0.4 is 0 Å². The number of para-hydroxylation sites is 2. The van der Waals surface area contributed by atoms with Gasteiger partial charge in [0.2, 0.25) is 0 Å². The Hall–Kier alpha value is -3.74. The molecule has 3 heterocycles. The number of aryl methyl sites for hydroxylation is 1. The van der Waals surface area contributed by atoms with E-state index in [4.69, 9.17) is 4.74 Å². The normalized spacial score (nSPS) is 17.9. The van der Waals surface area contributed by atoms with Crippen LogP contribution in [-0.4, -0.2) is 43.3 Å². The summed E-state index contributed by atoms with van der Waals surface area (Å²) in [6.45, 7) is 8.39. The fourth-order valence-electron chi connectivity index (χ4n) is 5.35. The quantitative estimate of drug-likeness (QED) is 0.348. The Labute approximate surface area is 210 Å². The van der Waals surface area contributed by atoms with E-state index in [0.29, 0.717) is 0 Å². The zero-order chi connectivity index (χ0) is 25.6. The summed E-state index contributed by atoms with van der Waals surface area (Å²) in [5.41, 5.74) is 3.91. The van der Waals surface area contributed by atoms with E-state index in [1.165, 1.54) is 4.90 Å². The van der Waals surface area contributed by atoms with Crippen molar-refractivity contribution >= 4 is 33.9 Å². The molecule has 7 nitrogen and oxygen atoms in total. The van der Waals surface area contributed by atoms with Crippen LogP contribution in [0.1, 0.15) is 63.4 Å². The molecule has 0 radical (unpaired) electrons. The molecule has 0 saturated carbocycles. The number of amides is 1. The number of carbonyl (C=O) groups is 2. The second-order valence-electron chi connectivity index (χ2n) is 10.6. The summed E-state index contributed by atoms with van der Waals surface area (Å²) < 4.78 is 8.00. The highest BCUT2D eigenvalue weighted by atomic mass is 16.6. The van der Waals surface area contributed by atoms with E-state index < -0.39 is 29.7 Å². The highest BCUT2D eigenvalue weighted by Crippen LogP contribution is 2.44. The van der Waals surface area contributed by atoms with Crippen LogP contribution in [0.4, 0.5) is 4.79 Å². The first-order valence-corrected chi connectivity index (χ1v) is 12.6. The van der Waals surface area contributed by atoms with Gasteiger partial charge >= 0.3 is 12.1 Å². The van der Waals surface area contributed by atoms with E-state index >= 15 is 0 Å². The van der Waals surface area contributed by atoms with E-state index in [-0.39, 0.29) is 6.42 Å². The number of rotatable bonds is 5. The van der Waals surface area contributed by atoms with E-state index in [1.807, 2.05) is 42.5 Å². The van der Waals surface area contributed by atoms with Crippen LogP contribution in [0.5, 0.6) is 0 Å². The lowest BCUT2D eigenvalue weighted by atomic mass is 9.88. The van der Waals surface area contributed by atoms with Crippen molar-refractivity contribution in [3.63, 3.8) is 0 Å². The molecule has 0 saturated heterocycles. The average Bonchev–Trinajstić information content (AvgIpc) is 3.38. The van der Waals surface area contributed by atoms with Crippen molar-refractivity contribution in [2.75, 3.05) is 0 Å². The van der Waals surface area contributed by atoms with Crippen LogP contribution in [0.25, 0.3) is 21.8 Å². The van der Waals surface area contributed by atoms with Gasteiger partial charge in [-0.25, -0.2) is 9.59 Å². The average molecular weight is 488 g/mol. The molecule has 1 aliphatic heterocycles. The summed E-state index contributed by atoms with van der Waals surface area (Å²) in [7, 11) is 0. The molecular weight excluding hydrogens is 454 g/mol. The molecule has 2 N–H and O–H groups in total. The molecule has 36 heavy (non-hydrogen) atoms. The maximum Gasteiger partial charge on any atom is 0.411 e. The summed E-state index contributed by atoms with van der Waals surface area (Å²) in [6, 6.07) is 14.3. The monoisotopic (exact) mass is 487 g/mol. The summed E-state index contributed by atoms with van der Waals surface area (Å²) in [5, 5.41) is 12.3. The van der Waals surface area contributed by atoms with Gasteiger partial charge in [0.1, 0.15) is 17.7 Å². The molecular formula is C29H33N3O4. The second-order valence-corrected chi connectivity index (χ2v) is 10.6. The predicted molar refractivity (Wildman–Crippen MR) is 140 cm³/mol. The van der Waals surface area contributed by atoms with Crippen LogP contribution in [0, 0.1) is 0 Å². The molecule has 5 rings (SSSR count). The minimum absolute atomic E-state index is 0.207. The van der Waals surface area contributed by atoms with Crippen LogP contribution in [0.15, 0.2) is 54.7 Å². The number of carbonyl (C=O) groups excluding carboxylic acids is 1. The van der Waals surface area contributed by atoms with Crippen LogP contribution in [-0.2, 0) is 22.5 Å². The third-order valence-corrected chi connectivity index (χ3v) is 6.89. The van der Waals surface area contributed by atoms with Gasteiger partial charge in [-0.1, -0.05) is 49.7 Å². The Morgan fingerprint density at radius 1 is 1.08 bits per heavy atom. The number of nitrogens with zero attached hydrogens (tertiary/aromatic N) is 2. The molecule has 2 aromatic carbocycles. The van der Waals surface area contributed by atoms with Gasteiger partial charge in [-0.05, 0) is 44.9 Å². The zero-order valence-electron chi connectivity index (χ0n) is 21.2. The van der Waals surface area contributed by atoms with Crippen molar-refractivity contribution in [2.45, 2.75) is 71.2 Å². The van der Waals surface area contributed by atoms with Gasteiger partial charge in [0.15, 0.2) is 0 Å². The predicted octanol–water partition coefficient (Wildman–Crippen LogP) is 6.26. The number of carboxylic acids is 1. The van der Waals surface area contributed by atoms with Gasteiger partial charge in [-0.2, -0.15) is 0 Å².